The number of rotatable bonds is 5. The summed E-state index contributed by atoms with van der Waals surface area (Å²) in [5.74, 6) is 0.212. The summed E-state index contributed by atoms with van der Waals surface area (Å²) >= 11 is 0. The highest BCUT2D eigenvalue weighted by atomic mass is 16.3. The van der Waals surface area contributed by atoms with E-state index >= 15 is 0 Å². The molecule has 3 aromatic heterocycles. The van der Waals surface area contributed by atoms with E-state index in [1.165, 1.54) is 49.0 Å². The number of aromatic nitrogens is 1. The van der Waals surface area contributed by atoms with Crippen molar-refractivity contribution in [1.82, 2.24) is 4.57 Å². The molecule has 9 aromatic carbocycles. The second-order valence-electron chi connectivity index (χ2n) is 17.7. The SMILES string of the molecule is CCC1/C(c2cccc3oc4ccccc4c23)=N\C(c2ccccc2)=C(/C)CCC1c1cc(-n2c3ccccc3c3cc4ccccc4cc32)c2oc3cc4ccccc4cc3c2c1. The predicted molar refractivity (Wildman–Crippen MR) is 268 cm³/mol. The van der Waals surface area contributed by atoms with Crippen molar-refractivity contribution >= 4 is 98.6 Å². The van der Waals surface area contributed by atoms with Crippen LogP contribution in [0.15, 0.2) is 201 Å². The van der Waals surface area contributed by atoms with Crippen LogP contribution in [-0.4, -0.2) is 10.3 Å². The summed E-state index contributed by atoms with van der Waals surface area (Å²) in [5, 5.41) is 11.8. The lowest BCUT2D eigenvalue weighted by atomic mass is 9.74. The molecule has 2 atom stereocenters. The fraction of sp³-hybridized carbons (Fsp3) is 0.117. The normalized spacial score (nSPS) is 18.2. The fourth-order valence-electron chi connectivity index (χ4n) is 11.1. The van der Waals surface area contributed by atoms with Crippen LogP contribution >= 0.6 is 0 Å². The lowest BCUT2D eigenvalue weighted by Crippen LogP contribution is -2.25. The van der Waals surface area contributed by atoms with E-state index in [0.29, 0.717) is 0 Å². The number of hydrogen-bond acceptors (Lipinski definition) is 3. The van der Waals surface area contributed by atoms with E-state index in [9.17, 15) is 0 Å². The molecule has 0 aliphatic carbocycles. The number of hydrogen-bond donors (Lipinski definition) is 0. The van der Waals surface area contributed by atoms with E-state index in [1.807, 2.05) is 0 Å². The zero-order chi connectivity index (χ0) is 42.5. The molecular weight excluding hydrogens is 781 g/mol. The van der Waals surface area contributed by atoms with Crippen LogP contribution in [0, 0.1) is 5.92 Å². The Bertz CT molecular complexity index is 3910. The third-order valence-electron chi connectivity index (χ3n) is 14.1. The predicted octanol–water partition coefficient (Wildman–Crippen LogP) is 16.7. The van der Waals surface area contributed by atoms with Gasteiger partial charge in [-0.05, 0) is 119 Å². The zero-order valence-electron chi connectivity index (χ0n) is 35.8. The molecule has 1 aliphatic heterocycles. The van der Waals surface area contributed by atoms with Gasteiger partial charge in [0.05, 0.1) is 28.1 Å². The molecule has 0 N–H and O–H groups in total. The minimum Gasteiger partial charge on any atom is -0.456 e. The highest BCUT2D eigenvalue weighted by Crippen LogP contribution is 2.47. The molecule has 4 nitrogen and oxygen atoms in total. The van der Waals surface area contributed by atoms with Crippen molar-refractivity contribution in [2.24, 2.45) is 10.9 Å². The first-order valence-electron chi connectivity index (χ1n) is 22.7. The van der Waals surface area contributed by atoms with Gasteiger partial charge in [0.1, 0.15) is 16.7 Å². The number of fused-ring (bicyclic) bond motifs is 11. The molecule has 0 amide bonds. The fourth-order valence-corrected chi connectivity index (χ4v) is 11.1. The molecule has 0 saturated carbocycles. The summed E-state index contributed by atoms with van der Waals surface area (Å²) in [7, 11) is 0. The van der Waals surface area contributed by atoms with E-state index in [0.717, 1.165) is 96.9 Å². The molecule has 64 heavy (non-hydrogen) atoms. The van der Waals surface area contributed by atoms with Crippen LogP contribution in [0.5, 0.6) is 0 Å². The van der Waals surface area contributed by atoms with Gasteiger partial charge in [-0.15, -0.1) is 0 Å². The third-order valence-corrected chi connectivity index (χ3v) is 14.1. The number of para-hydroxylation sites is 2. The molecule has 0 radical (unpaired) electrons. The first-order chi connectivity index (χ1) is 31.6. The Labute approximate surface area is 370 Å². The van der Waals surface area contributed by atoms with Crippen LogP contribution in [0.3, 0.4) is 0 Å². The maximum absolute atomic E-state index is 7.13. The van der Waals surface area contributed by atoms with Gasteiger partial charge < -0.3 is 13.4 Å². The van der Waals surface area contributed by atoms with E-state index in [1.54, 1.807) is 0 Å². The maximum Gasteiger partial charge on any atom is 0.159 e. The lowest BCUT2D eigenvalue weighted by Gasteiger charge is -2.32. The van der Waals surface area contributed by atoms with Crippen molar-refractivity contribution < 1.29 is 8.83 Å². The van der Waals surface area contributed by atoms with Gasteiger partial charge in [0.15, 0.2) is 5.58 Å². The number of allylic oxidation sites excluding steroid dienone is 1. The van der Waals surface area contributed by atoms with E-state index < -0.39 is 0 Å². The van der Waals surface area contributed by atoms with Gasteiger partial charge in [-0.1, -0.05) is 134 Å². The van der Waals surface area contributed by atoms with Crippen molar-refractivity contribution in [1.29, 1.82) is 0 Å². The average Bonchev–Trinajstić information content (AvgIpc) is 4.00. The minimum absolute atomic E-state index is 0.0810. The maximum atomic E-state index is 7.13. The zero-order valence-corrected chi connectivity index (χ0v) is 35.8. The number of benzene rings is 9. The van der Waals surface area contributed by atoms with E-state index in [-0.39, 0.29) is 11.8 Å². The summed E-state index contributed by atoms with van der Waals surface area (Å²) in [4.78, 5) is 5.87. The molecule has 0 saturated heterocycles. The lowest BCUT2D eigenvalue weighted by molar-refractivity contribution is 0.486. The van der Waals surface area contributed by atoms with E-state index in [4.69, 9.17) is 13.8 Å². The quantitative estimate of drug-likeness (QED) is 0.173. The van der Waals surface area contributed by atoms with Crippen LogP contribution < -0.4 is 0 Å². The van der Waals surface area contributed by atoms with Crippen LogP contribution in [0.2, 0.25) is 0 Å². The Morgan fingerprint density at radius 2 is 1.22 bits per heavy atom. The van der Waals surface area contributed by atoms with Gasteiger partial charge in [-0.25, -0.2) is 0 Å². The number of furan rings is 2. The molecule has 0 fully saturated rings. The van der Waals surface area contributed by atoms with E-state index in [2.05, 4.69) is 200 Å². The van der Waals surface area contributed by atoms with Gasteiger partial charge in [0.25, 0.3) is 0 Å². The highest BCUT2D eigenvalue weighted by molar-refractivity contribution is 6.21. The van der Waals surface area contributed by atoms with Crippen molar-refractivity contribution in [3.63, 3.8) is 0 Å². The van der Waals surface area contributed by atoms with Crippen molar-refractivity contribution in [3.05, 3.63) is 204 Å². The smallest absolute Gasteiger partial charge is 0.159 e. The Morgan fingerprint density at radius 1 is 0.547 bits per heavy atom. The van der Waals surface area contributed by atoms with Crippen LogP contribution in [0.25, 0.3) is 98.6 Å². The average molecular weight is 825 g/mol. The molecule has 13 rings (SSSR count). The summed E-state index contributed by atoms with van der Waals surface area (Å²) in [5.41, 5.74) is 14.0. The second kappa shape index (κ2) is 14.4. The second-order valence-corrected chi connectivity index (χ2v) is 17.7. The van der Waals surface area contributed by atoms with Crippen LogP contribution in [0.4, 0.5) is 0 Å². The largest absolute Gasteiger partial charge is 0.456 e. The van der Waals surface area contributed by atoms with Gasteiger partial charge in [0, 0.05) is 49.4 Å². The third kappa shape index (κ3) is 5.65. The molecule has 1 aliphatic rings. The Hall–Kier alpha value is -7.69. The van der Waals surface area contributed by atoms with Crippen molar-refractivity contribution in [2.75, 3.05) is 0 Å². The molecular formula is C60H44N2O2. The Balaban J connectivity index is 1.11. The molecule has 0 spiro atoms. The topological polar surface area (TPSA) is 43.6 Å². The standard InChI is InChI=1S/C60H44N2O2/c1-3-43-44(29-28-36(2)58(37-16-5-4-6-17-37)61-59(43)47-24-15-27-55-57(47)46-23-12-14-26-54(46)63-55)42-32-50-49-31-39-19-8-10-21-41(39)35-56(49)64-60(50)53(34-42)62-51-25-13-11-22-45(51)48-30-38-18-7-9-20-40(38)33-52(48)62/h4-27,30-35,43-44H,3,28-29H2,1-2H3/b58-36+,61-59+. The van der Waals surface area contributed by atoms with Gasteiger partial charge >= 0.3 is 0 Å². The number of nitrogens with zero attached hydrogens (tertiary/aromatic N) is 2. The molecule has 12 aromatic rings. The molecule has 2 unspecified atom stereocenters. The monoisotopic (exact) mass is 824 g/mol. The van der Waals surface area contributed by atoms with Crippen LogP contribution in [0.1, 0.15) is 55.7 Å². The Kier molecular flexibility index (Phi) is 8.33. The van der Waals surface area contributed by atoms with Crippen LogP contribution in [-0.2, 0) is 0 Å². The molecule has 4 heteroatoms. The van der Waals surface area contributed by atoms with Crippen molar-refractivity contribution in [3.8, 4) is 5.69 Å². The summed E-state index contributed by atoms with van der Waals surface area (Å²) in [6, 6.07) is 66.1. The summed E-state index contributed by atoms with van der Waals surface area (Å²) < 4.78 is 16.1. The highest BCUT2D eigenvalue weighted by Gasteiger charge is 2.33. The van der Waals surface area contributed by atoms with Gasteiger partial charge in [-0.3, -0.25) is 4.99 Å². The van der Waals surface area contributed by atoms with Gasteiger partial charge in [-0.2, -0.15) is 0 Å². The molecule has 306 valence electrons. The first-order valence-corrected chi connectivity index (χ1v) is 22.7. The molecule has 4 heterocycles. The minimum atomic E-state index is 0.0810. The van der Waals surface area contributed by atoms with Crippen molar-refractivity contribution in [2.45, 2.75) is 39.0 Å². The number of aliphatic imine (C=N–C) groups is 1. The summed E-state index contributed by atoms with van der Waals surface area (Å²) in [6.07, 6.45) is 2.79. The van der Waals surface area contributed by atoms with Gasteiger partial charge in [0.2, 0.25) is 0 Å². The molecule has 0 bridgehead atoms. The Morgan fingerprint density at radius 3 is 2.02 bits per heavy atom. The summed E-state index contributed by atoms with van der Waals surface area (Å²) in [6.45, 7) is 4.63. The first kappa shape index (κ1) is 36.9.